The molecule has 102 valence electrons. The number of nitrogens with one attached hydrogen (secondary N) is 1. The Morgan fingerprint density at radius 2 is 1.90 bits per heavy atom. The molecule has 3 rings (SSSR count). The second-order valence-electron chi connectivity index (χ2n) is 4.24. The van der Waals surface area contributed by atoms with Gasteiger partial charge in [0.2, 0.25) is 11.8 Å². The molecule has 0 aliphatic carbocycles. The van der Waals surface area contributed by atoms with Gasteiger partial charge in [0.15, 0.2) is 5.65 Å². The van der Waals surface area contributed by atoms with Gasteiger partial charge in [0.05, 0.1) is 0 Å². The Morgan fingerprint density at radius 1 is 1.10 bits per heavy atom. The molecule has 0 radical (unpaired) electrons. The van der Waals surface area contributed by atoms with Crippen LogP contribution in [0.5, 0.6) is 5.88 Å². The van der Waals surface area contributed by atoms with Crippen molar-refractivity contribution in [2.45, 2.75) is 6.42 Å². The number of ether oxygens (including phenoxy) is 1. The Balaban J connectivity index is 1.99. The van der Waals surface area contributed by atoms with E-state index in [0.29, 0.717) is 23.5 Å². The van der Waals surface area contributed by atoms with Crippen LogP contribution in [-0.2, 0) is 6.42 Å². The smallest absolute Gasteiger partial charge is 0.246 e. The highest BCUT2D eigenvalue weighted by atomic mass is 16.5. The fraction of sp³-hybridized carbons (Fsp3) is 0.154. The third-order valence-corrected chi connectivity index (χ3v) is 2.82. The quantitative estimate of drug-likeness (QED) is 0.604. The van der Waals surface area contributed by atoms with Crippen LogP contribution in [-0.4, -0.2) is 26.7 Å². The maximum absolute atomic E-state index is 5.62. The second kappa shape index (κ2) is 5.14. The SMILES string of the molecule is NCOc1nc(N)nc2nc(Cc3ccccc3)[nH]c12. The van der Waals surface area contributed by atoms with Crippen LogP contribution in [0.1, 0.15) is 11.4 Å². The van der Waals surface area contributed by atoms with Crippen LogP contribution in [0.4, 0.5) is 5.95 Å². The zero-order valence-corrected chi connectivity index (χ0v) is 10.7. The van der Waals surface area contributed by atoms with Crippen molar-refractivity contribution in [3.8, 4) is 5.88 Å². The van der Waals surface area contributed by atoms with Crippen LogP contribution < -0.4 is 16.2 Å². The number of imidazole rings is 1. The number of nitrogens with zero attached hydrogens (tertiary/aromatic N) is 3. The fourth-order valence-corrected chi connectivity index (χ4v) is 1.99. The molecule has 3 aromatic rings. The van der Waals surface area contributed by atoms with Crippen molar-refractivity contribution in [2.24, 2.45) is 5.73 Å². The van der Waals surface area contributed by atoms with Crippen molar-refractivity contribution in [1.29, 1.82) is 0 Å². The zero-order valence-electron chi connectivity index (χ0n) is 10.7. The van der Waals surface area contributed by atoms with Gasteiger partial charge in [-0.3, -0.25) is 5.73 Å². The van der Waals surface area contributed by atoms with E-state index >= 15 is 0 Å². The maximum Gasteiger partial charge on any atom is 0.246 e. The number of aromatic amines is 1. The number of nitrogens with two attached hydrogens (primary N) is 2. The minimum absolute atomic E-state index is 0.0125. The van der Waals surface area contributed by atoms with Crippen LogP contribution in [0.3, 0.4) is 0 Å². The van der Waals surface area contributed by atoms with E-state index < -0.39 is 0 Å². The normalized spacial score (nSPS) is 10.8. The molecule has 0 aliphatic rings. The molecular weight excluding hydrogens is 256 g/mol. The number of hydrogen-bond acceptors (Lipinski definition) is 6. The molecule has 0 bridgehead atoms. The molecule has 0 fully saturated rings. The van der Waals surface area contributed by atoms with Gasteiger partial charge in [-0.1, -0.05) is 30.3 Å². The summed E-state index contributed by atoms with van der Waals surface area (Å²) in [5.74, 6) is 1.20. The van der Waals surface area contributed by atoms with Gasteiger partial charge in [-0.05, 0) is 5.56 Å². The minimum atomic E-state index is 0.0125. The summed E-state index contributed by atoms with van der Waals surface area (Å²) >= 11 is 0. The molecule has 7 nitrogen and oxygen atoms in total. The van der Waals surface area contributed by atoms with E-state index in [0.717, 1.165) is 11.4 Å². The van der Waals surface area contributed by atoms with Gasteiger partial charge in [0, 0.05) is 6.42 Å². The Kier molecular flexibility index (Phi) is 3.18. The number of aromatic nitrogens is 4. The molecule has 0 saturated carbocycles. The minimum Gasteiger partial charge on any atom is -0.460 e. The number of rotatable bonds is 4. The fourth-order valence-electron chi connectivity index (χ4n) is 1.99. The topological polar surface area (TPSA) is 116 Å². The van der Waals surface area contributed by atoms with E-state index in [1.54, 1.807) is 0 Å². The van der Waals surface area contributed by atoms with Gasteiger partial charge in [-0.25, -0.2) is 4.98 Å². The van der Waals surface area contributed by atoms with E-state index in [9.17, 15) is 0 Å². The summed E-state index contributed by atoms with van der Waals surface area (Å²) in [5.41, 5.74) is 13.2. The summed E-state index contributed by atoms with van der Waals surface area (Å²) in [7, 11) is 0. The third-order valence-electron chi connectivity index (χ3n) is 2.82. The lowest BCUT2D eigenvalue weighted by molar-refractivity contribution is 0.320. The number of benzene rings is 1. The summed E-state index contributed by atoms with van der Waals surface area (Å²) in [6, 6.07) is 10.0. The van der Waals surface area contributed by atoms with Crippen LogP contribution in [0.25, 0.3) is 11.2 Å². The number of fused-ring (bicyclic) bond motifs is 1. The lowest BCUT2D eigenvalue weighted by Crippen LogP contribution is -2.10. The van der Waals surface area contributed by atoms with E-state index in [1.165, 1.54) is 0 Å². The Labute approximate surface area is 115 Å². The van der Waals surface area contributed by atoms with Gasteiger partial charge in [0.1, 0.15) is 18.1 Å². The predicted molar refractivity (Wildman–Crippen MR) is 75.0 cm³/mol. The molecule has 2 heterocycles. The lowest BCUT2D eigenvalue weighted by atomic mass is 10.1. The number of anilines is 1. The summed E-state index contributed by atoms with van der Waals surface area (Å²) in [6.07, 6.45) is 0.666. The highest BCUT2D eigenvalue weighted by molar-refractivity contribution is 5.77. The van der Waals surface area contributed by atoms with Crippen molar-refractivity contribution < 1.29 is 4.74 Å². The van der Waals surface area contributed by atoms with Crippen LogP contribution in [0.2, 0.25) is 0 Å². The molecule has 20 heavy (non-hydrogen) atoms. The predicted octanol–water partition coefficient (Wildman–Crippen LogP) is 0.821. The first-order chi connectivity index (χ1) is 9.76. The number of nitrogen functional groups attached to an aromatic ring is 1. The summed E-state index contributed by atoms with van der Waals surface area (Å²) in [4.78, 5) is 15.6. The summed E-state index contributed by atoms with van der Waals surface area (Å²) in [6.45, 7) is 0.0125. The Bertz CT molecular complexity index is 724. The number of hydrogen-bond donors (Lipinski definition) is 3. The van der Waals surface area contributed by atoms with Crippen LogP contribution >= 0.6 is 0 Å². The molecule has 5 N–H and O–H groups in total. The highest BCUT2D eigenvalue weighted by Gasteiger charge is 2.12. The van der Waals surface area contributed by atoms with Gasteiger partial charge < -0.3 is 15.5 Å². The van der Waals surface area contributed by atoms with E-state index in [1.807, 2.05) is 30.3 Å². The third kappa shape index (κ3) is 2.39. The monoisotopic (exact) mass is 270 g/mol. The Morgan fingerprint density at radius 3 is 2.65 bits per heavy atom. The molecule has 1 aromatic carbocycles. The zero-order chi connectivity index (χ0) is 13.9. The first-order valence-electron chi connectivity index (χ1n) is 6.15. The molecule has 0 aliphatic heterocycles. The van der Waals surface area contributed by atoms with E-state index in [2.05, 4.69) is 19.9 Å². The van der Waals surface area contributed by atoms with Crippen LogP contribution in [0.15, 0.2) is 30.3 Å². The van der Waals surface area contributed by atoms with Crippen molar-refractivity contribution >= 4 is 17.1 Å². The molecule has 0 saturated heterocycles. The van der Waals surface area contributed by atoms with E-state index in [-0.39, 0.29) is 12.7 Å². The van der Waals surface area contributed by atoms with Gasteiger partial charge >= 0.3 is 0 Å². The van der Waals surface area contributed by atoms with Crippen molar-refractivity contribution in [3.05, 3.63) is 41.7 Å². The van der Waals surface area contributed by atoms with Crippen molar-refractivity contribution in [1.82, 2.24) is 19.9 Å². The van der Waals surface area contributed by atoms with Crippen molar-refractivity contribution in [3.63, 3.8) is 0 Å². The van der Waals surface area contributed by atoms with Crippen molar-refractivity contribution in [2.75, 3.05) is 12.5 Å². The molecule has 0 amide bonds. The average molecular weight is 270 g/mol. The molecule has 7 heteroatoms. The lowest BCUT2D eigenvalue weighted by Gasteiger charge is -2.02. The summed E-state index contributed by atoms with van der Waals surface area (Å²) < 4.78 is 5.24. The number of H-pyrrole nitrogens is 1. The summed E-state index contributed by atoms with van der Waals surface area (Å²) in [5, 5.41) is 0. The first-order valence-corrected chi connectivity index (χ1v) is 6.15. The molecular formula is C13H14N6O. The highest BCUT2D eigenvalue weighted by Crippen LogP contribution is 2.21. The molecule has 0 atom stereocenters. The molecule has 0 spiro atoms. The Hall–Kier alpha value is -2.67. The average Bonchev–Trinajstić information content (AvgIpc) is 2.82. The van der Waals surface area contributed by atoms with E-state index in [4.69, 9.17) is 16.2 Å². The standard InChI is InChI=1S/C13H14N6O/c14-7-20-12-10-11(18-13(15)19-12)17-9(16-10)6-8-4-2-1-3-5-8/h1-5H,6-7,14H2,(H3,15,16,17,18,19). The van der Waals surface area contributed by atoms with Gasteiger partial charge in [-0.2, -0.15) is 9.97 Å². The van der Waals surface area contributed by atoms with Gasteiger partial charge in [0.25, 0.3) is 0 Å². The largest absolute Gasteiger partial charge is 0.460 e. The van der Waals surface area contributed by atoms with Gasteiger partial charge in [-0.15, -0.1) is 0 Å². The van der Waals surface area contributed by atoms with Crippen LogP contribution in [0, 0.1) is 0 Å². The maximum atomic E-state index is 5.62. The first kappa shape index (κ1) is 12.4. The molecule has 2 aromatic heterocycles. The second-order valence-corrected chi connectivity index (χ2v) is 4.24. The molecule has 0 unspecified atom stereocenters.